The van der Waals surface area contributed by atoms with E-state index in [2.05, 4.69) is 28.9 Å². The Bertz CT molecular complexity index is 1560. The predicted molar refractivity (Wildman–Crippen MR) is 143 cm³/mol. The summed E-state index contributed by atoms with van der Waals surface area (Å²) in [4.78, 5) is 28.6. The first-order valence-electron chi connectivity index (χ1n) is 11.4. The Labute approximate surface area is 214 Å². The molecule has 0 aliphatic carbocycles. The third-order valence-corrected chi connectivity index (χ3v) is 7.48. The van der Waals surface area contributed by atoms with Crippen molar-refractivity contribution >= 4 is 44.1 Å². The molecule has 7 nitrogen and oxygen atoms in total. The summed E-state index contributed by atoms with van der Waals surface area (Å²) in [6, 6.07) is 18.6. The molecule has 4 rings (SSSR count). The molecule has 0 aliphatic heterocycles. The fourth-order valence-corrected chi connectivity index (χ4v) is 4.96. The molecule has 3 aromatic carbocycles. The van der Waals surface area contributed by atoms with Gasteiger partial charge in [-0.15, -0.1) is 0 Å². The second kappa shape index (κ2) is 10.6. The van der Waals surface area contributed by atoms with Gasteiger partial charge in [0.25, 0.3) is 15.9 Å². The van der Waals surface area contributed by atoms with Crippen LogP contribution in [0.2, 0.25) is 5.02 Å². The Balaban J connectivity index is 1.53. The molecule has 0 fully saturated rings. The Morgan fingerprint density at radius 2 is 1.69 bits per heavy atom. The van der Waals surface area contributed by atoms with Crippen molar-refractivity contribution in [2.75, 3.05) is 11.3 Å². The number of hydrogen-bond donors (Lipinski definition) is 3. The number of aromatic nitrogens is 1. The minimum atomic E-state index is -3.95. The summed E-state index contributed by atoms with van der Waals surface area (Å²) < 4.78 is 28.5. The number of amides is 1. The van der Waals surface area contributed by atoms with Crippen LogP contribution in [-0.2, 0) is 16.4 Å². The van der Waals surface area contributed by atoms with Crippen molar-refractivity contribution in [3.63, 3.8) is 0 Å². The smallest absolute Gasteiger partial charge is 0.261 e. The zero-order valence-electron chi connectivity index (χ0n) is 19.8. The fourth-order valence-electron chi connectivity index (χ4n) is 3.75. The molecule has 186 valence electrons. The van der Waals surface area contributed by atoms with Gasteiger partial charge < -0.3 is 10.3 Å². The van der Waals surface area contributed by atoms with Gasteiger partial charge in [-0.1, -0.05) is 49.7 Å². The van der Waals surface area contributed by atoms with Crippen LogP contribution >= 0.6 is 11.6 Å². The first-order valence-corrected chi connectivity index (χ1v) is 13.3. The van der Waals surface area contributed by atoms with Crippen LogP contribution < -0.4 is 15.5 Å². The van der Waals surface area contributed by atoms with Gasteiger partial charge in [0.05, 0.1) is 4.90 Å². The molecular weight excluding hydrogens is 498 g/mol. The second-order valence-electron chi connectivity index (χ2n) is 8.75. The molecule has 0 saturated carbocycles. The normalized spacial score (nSPS) is 11.6. The van der Waals surface area contributed by atoms with Gasteiger partial charge in [-0.25, -0.2) is 8.42 Å². The van der Waals surface area contributed by atoms with E-state index in [0.717, 1.165) is 11.1 Å². The highest BCUT2D eigenvalue weighted by Gasteiger charge is 2.18. The van der Waals surface area contributed by atoms with E-state index in [1.165, 1.54) is 24.4 Å². The van der Waals surface area contributed by atoms with Crippen molar-refractivity contribution in [2.45, 2.75) is 31.1 Å². The van der Waals surface area contributed by atoms with Gasteiger partial charge in [0.1, 0.15) is 5.56 Å². The third-order valence-electron chi connectivity index (χ3n) is 5.85. The lowest BCUT2D eigenvalue weighted by atomic mass is 10.0. The minimum Gasteiger partial charge on any atom is -0.360 e. The highest BCUT2D eigenvalue weighted by atomic mass is 35.5. The monoisotopic (exact) mass is 523 g/mol. The summed E-state index contributed by atoms with van der Waals surface area (Å²) in [6.07, 6.45) is 1.91. The van der Waals surface area contributed by atoms with E-state index >= 15 is 0 Å². The summed E-state index contributed by atoms with van der Waals surface area (Å²) in [5, 5.41) is 3.48. The SMILES string of the molecule is CC(C)c1ccc(NS(=O)(=O)c2ccc3[nH]cc(C(=O)NCCc4ccc(Cl)cc4)c(=O)c3c2)cc1. The standard InChI is InChI=1S/C27H26ClN3O4S/c1-17(2)19-5-9-21(10-6-19)31-36(34,35)22-11-12-25-23(15-22)26(32)24(16-30-25)27(33)29-14-13-18-3-7-20(28)8-4-18/h3-12,15-17,31H,13-14H2,1-2H3,(H,29,33)(H,30,32). The number of halogens is 1. The van der Waals surface area contributed by atoms with Gasteiger partial charge in [0.2, 0.25) is 5.43 Å². The number of carbonyl (C=O) groups is 1. The van der Waals surface area contributed by atoms with E-state index in [0.29, 0.717) is 35.1 Å². The van der Waals surface area contributed by atoms with Crippen LogP contribution in [0.1, 0.15) is 41.3 Å². The average Bonchev–Trinajstić information content (AvgIpc) is 2.85. The number of aromatic amines is 1. The maximum absolute atomic E-state index is 13.1. The molecular formula is C27H26ClN3O4S. The molecule has 4 aromatic rings. The maximum Gasteiger partial charge on any atom is 0.261 e. The maximum atomic E-state index is 13.1. The van der Waals surface area contributed by atoms with Crippen LogP contribution in [0.5, 0.6) is 0 Å². The molecule has 0 bridgehead atoms. The molecule has 36 heavy (non-hydrogen) atoms. The zero-order chi connectivity index (χ0) is 25.9. The van der Waals surface area contributed by atoms with Crippen LogP contribution in [0, 0.1) is 0 Å². The summed E-state index contributed by atoms with van der Waals surface area (Å²) in [5.74, 6) is -0.213. The van der Waals surface area contributed by atoms with E-state index in [1.807, 2.05) is 24.3 Å². The third kappa shape index (κ3) is 5.78. The number of benzene rings is 3. The van der Waals surface area contributed by atoms with E-state index in [-0.39, 0.29) is 15.8 Å². The number of pyridine rings is 1. The van der Waals surface area contributed by atoms with Crippen LogP contribution in [-0.4, -0.2) is 25.9 Å². The molecule has 9 heteroatoms. The second-order valence-corrected chi connectivity index (χ2v) is 10.9. The first-order chi connectivity index (χ1) is 17.1. The summed E-state index contributed by atoms with van der Waals surface area (Å²) in [7, 11) is -3.95. The molecule has 1 amide bonds. The molecule has 1 heterocycles. The van der Waals surface area contributed by atoms with Crippen molar-refractivity contribution in [1.29, 1.82) is 0 Å². The highest BCUT2D eigenvalue weighted by Crippen LogP contribution is 2.22. The number of hydrogen-bond acceptors (Lipinski definition) is 4. The molecule has 3 N–H and O–H groups in total. The molecule has 0 aliphatic rings. The van der Waals surface area contributed by atoms with Gasteiger partial charge in [-0.05, 0) is 65.9 Å². The van der Waals surface area contributed by atoms with E-state index in [4.69, 9.17) is 11.6 Å². The molecule has 1 aromatic heterocycles. The van der Waals surface area contributed by atoms with Crippen LogP contribution in [0.4, 0.5) is 5.69 Å². The van der Waals surface area contributed by atoms with Crippen molar-refractivity contribution in [3.05, 3.63) is 105 Å². The Kier molecular flexibility index (Phi) is 7.47. The van der Waals surface area contributed by atoms with Crippen LogP contribution in [0.3, 0.4) is 0 Å². The minimum absolute atomic E-state index is 0.0752. The number of anilines is 1. The summed E-state index contributed by atoms with van der Waals surface area (Å²) >= 11 is 5.89. The van der Waals surface area contributed by atoms with E-state index in [1.54, 1.807) is 24.3 Å². The van der Waals surface area contributed by atoms with Crippen molar-refractivity contribution in [3.8, 4) is 0 Å². The molecule has 0 atom stereocenters. The fraction of sp³-hybridized carbons (Fsp3) is 0.185. The summed E-state index contributed by atoms with van der Waals surface area (Å²) in [5.41, 5.74) is 2.29. The van der Waals surface area contributed by atoms with Gasteiger partial charge in [0.15, 0.2) is 0 Å². The quantitative estimate of drug-likeness (QED) is 0.299. The van der Waals surface area contributed by atoms with Gasteiger partial charge in [-0.3, -0.25) is 14.3 Å². The van der Waals surface area contributed by atoms with Crippen LogP contribution in [0.15, 0.2) is 82.6 Å². The molecule has 0 unspecified atom stereocenters. The Hall–Kier alpha value is -3.62. The van der Waals surface area contributed by atoms with Crippen LogP contribution in [0.25, 0.3) is 10.9 Å². The number of fused-ring (bicyclic) bond motifs is 1. The highest BCUT2D eigenvalue weighted by molar-refractivity contribution is 7.92. The topological polar surface area (TPSA) is 108 Å². The number of rotatable bonds is 8. The summed E-state index contributed by atoms with van der Waals surface area (Å²) in [6.45, 7) is 4.44. The number of sulfonamides is 1. The number of nitrogens with one attached hydrogen (secondary N) is 3. The first kappa shape index (κ1) is 25.5. The van der Waals surface area contributed by atoms with Crippen molar-refractivity contribution in [1.82, 2.24) is 10.3 Å². The molecule has 0 radical (unpaired) electrons. The van der Waals surface area contributed by atoms with Crippen molar-refractivity contribution in [2.24, 2.45) is 0 Å². The van der Waals surface area contributed by atoms with Crippen molar-refractivity contribution < 1.29 is 13.2 Å². The van der Waals surface area contributed by atoms with Gasteiger partial charge in [0, 0.05) is 34.4 Å². The largest absolute Gasteiger partial charge is 0.360 e. The predicted octanol–water partition coefficient (Wildman–Crippen LogP) is 5.08. The van der Waals surface area contributed by atoms with Gasteiger partial charge in [-0.2, -0.15) is 0 Å². The zero-order valence-corrected chi connectivity index (χ0v) is 21.4. The lowest BCUT2D eigenvalue weighted by molar-refractivity contribution is 0.0953. The number of carbonyl (C=O) groups excluding carboxylic acids is 1. The van der Waals surface area contributed by atoms with Gasteiger partial charge >= 0.3 is 0 Å². The molecule has 0 saturated heterocycles. The van der Waals surface area contributed by atoms with E-state index in [9.17, 15) is 18.0 Å². The number of H-pyrrole nitrogens is 1. The average molecular weight is 524 g/mol. The Morgan fingerprint density at radius 1 is 1.00 bits per heavy atom. The lowest BCUT2D eigenvalue weighted by Crippen LogP contribution is -2.30. The molecule has 0 spiro atoms. The lowest BCUT2D eigenvalue weighted by Gasteiger charge is -2.11. The van der Waals surface area contributed by atoms with E-state index < -0.39 is 21.4 Å². The Morgan fingerprint density at radius 3 is 2.36 bits per heavy atom.